The van der Waals surface area contributed by atoms with Crippen LogP contribution in [0.25, 0.3) is 0 Å². The molecule has 0 aromatic heterocycles. The lowest BCUT2D eigenvalue weighted by molar-refractivity contribution is -0.119. The van der Waals surface area contributed by atoms with E-state index in [0.29, 0.717) is 17.8 Å². The quantitative estimate of drug-likeness (QED) is 0.748. The van der Waals surface area contributed by atoms with Crippen LogP contribution in [0.15, 0.2) is 54.6 Å². The summed E-state index contributed by atoms with van der Waals surface area (Å²) in [5.41, 5.74) is 8.34. The third-order valence-corrected chi connectivity index (χ3v) is 4.80. The summed E-state index contributed by atoms with van der Waals surface area (Å²) in [5.74, 6) is -0.107. The molecule has 2 aromatic carbocycles. The number of hydrogen-bond donors (Lipinski definition) is 3. The zero-order valence-corrected chi connectivity index (χ0v) is 14.8. The average molecular weight is 351 g/mol. The molecule has 136 valence electrons. The lowest BCUT2D eigenvalue weighted by Gasteiger charge is -2.11. The van der Waals surface area contributed by atoms with Gasteiger partial charge in [0.15, 0.2) is 0 Å². The third-order valence-electron chi connectivity index (χ3n) is 4.80. The summed E-state index contributed by atoms with van der Waals surface area (Å²) in [5, 5.41) is 5.83. The van der Waals surface area contributed by atoms with Gasteiger partial charge in [-0.15, -0.1) is 0 Å². The topological polar surface area (TPSA) is 84.2 Å². The van der Waals surface area contributed by atoms with Gasteiger partial charge in [-0.25, -0.2) is 0 Å². The number of carbonyl (C=O) groups excluding carboxylic acids is 2. The molecule has 0 radical (unpaired) electrons. The Kier molecular flexibility index (Phi) is 6.02. The lowest BCUT2D eigenvalue weighted by Crippen LogP contribution is -2.26. The molecule has 2 atom stereocenters. The summed E-state index contributed by atoms with van der Waals surface area (Å²) in [6, 6.07) is 17.2. The van der Waals surface area contributed by atoms with E-state index in [2.05, 4.69) is 10.6 Å². The zero-order chi connectivity index (χ0) is 18.4. The van der Waals surface area contributed by atoms with Gasteiger partial charge >= 0.3 is 0 Å². The van der Waals surface area contributed by atoms with E-state index in [-0.39, 0.29) is 23.8 Å². The predicted molar refractivity (Wildman–Crippen MR) is 103 cm³/mol. The monoisotopic (exact) mass is 351 g/mol. The molecule has 0 bridgehead atoms. The zero-order valence-electron chi connectivity index (χ0n) is 14.8. The first-order valence-electron chi connectivity index (χ1n) is 9.10. The molecule has 0 spiro atoms. The van der Waals surface area contributed by atoms with E-state index in [1.165, 1.54) is 5.56 Å². The van der Waals surface area contributed by atoms with E-state index in [1.54, 1.807) is 24.3 Å². The number of rotatable bonds is 6. The van der Waals surface area contributed by atoms with Crippen molar-refractivity contribution in [2.45, 2.75) is 31.7 Å². The van der Waals surface area contributed by atoms with Gasteiger partial charge in [0.25, 0.3) is 5.91 Å². The van der Waals surface area contributed by atoms with Gasteiger partial charge in [-0.05, 0) is 55.5 Å². The van der Waals surface area contributed by atoms with Crippen LogP contribution < -0.4 is 16.4 Å². The van der Waals surface area contributed by atoms with Crippen molar-refractivity contribution in [3.05, 3.63) is 65.7 Å². The van der Waals surface area contributed by atoms with Crippen molar-refractivity contribution in [1.82, 2.24) is 5.32 Å². The SMILES string of the molecule is NC1CCC(C(=O)Nc2ccc(C(=O)NCCc3ccccc3)cc2)C1. The summed E-state index contributed by atoms with van der Waals surface area (Å²) in [7, 11) is 0. The van der Waals surface area contributed by atoms with Crippen molar-refractivity contribution >= 4 is 17.5 Å². The number of benzene rings is 2. The number of nitrogens with one attached hydrogen (secondary N) is 2. The van der Waals surface area contributed by atoms with Crippen LogP contribution in [0.3, 0.4) is 0 Å². The van der Waals surface area contributed by atoms with Crippen LogP contribution in [-0.2, 0) is 11.2 Å². The average Bonchev–Trinajstić information content (AvgIpc) is 3.10. The van der Waals surface area contributed by atoms with Crippen LogP contribution in [0.2, 0.25) is 0 Å². The molecular formula is C21H25N3O2. The van der Waals surface area contributed by atoms with Gasteiger partial charge in [0.05, 0.1) is 0 Å². The Labute approximate surface area is 154 Å². The number of anilines is 1. The molecule has 5 nitrogen and oxygen atoms in total. The molecule has 26 heavy (non-hydrogen) atoms. The molecule has 1 aliphatic carbocycles. The molecule has 5 heteroatoms. The van der Waals surface area contributed by atoms with Gasteiger partial charge in [0.2, 0.25) is 5.91 Å². The van der Waals surface area contributed by atoms with Gasteiger partial charge in [-0.2, -0.15) is 0 Å². The summed E-state index contributed by atoms with van der Waals surface area (Å²) < 4.78 is 0. The van der Waals surface area contributed by atoms with Crippen molar-refractivity contribution < 1.29 is 9.59 Å². The molecule has 1 aliphatic rings. The van der Waals surface area contributed by atoms with Crippen LogP contribution in [0.4, 0.5) is 5.69 Å². The van der Waals surface area contributed by atoms with Crippen LogP contribution in [-0.4, -0.2) is 24.4 Å². The Morgan fingerprint density at radius 3 is 2.38 bits per heavy atom. The van der Waals surface area contributed by atoms with E-state index in [1.807, 2.05) is 30.3 Å². The minimum absolute atomic E-state index is 0.00837. The van der Waals surface area contributed by atoms with E-state index in [4.69, 9.17) is 5.73 Å². The Hall–Kier alpha value is -2.66. The van der Waals surface area contributed by atoms with E-state index in [9.17, 15) is 9.59 Å². The fourth-order valence-electron chi connectivity index (χ4n) is 3.27. The fraction of sp³-hybridized carbons (Fsp3) is 0.333. The molecule has 2 unspecified atom stereocenters. The van der Waals surface area contributed by atoms with Gasteiger partial charge in [0.1, 0.15) is 0 Å². The molecule has 0 saturated heterocycles. The number of amides is 2. The van der Waals surface area contributed by atoms with Crippen LogP contribution in [0.1, 0.15) is 35.2 Å². The molecule has 0 heterocycles. The van der Waals surface area contributed by atoms with Gasteiger partial charge in [0, 0.05) is 29.8 Å². The standard InChI is InChI=1S/C21H25N3O2/c22-18-9-6-17(14-18)21(26)24-19-10-7-16(8-11-19)20(25)23-13-12-15-4-2-1-3-5-15/h1-5,7-8,10-11,17-18H,6,9,12-14,22H2,(H,23,25)(H,24,26). The van der Waals surface area contributed by atoms with Crippen LogP contribution in [0.5, 0.6) is 0 Å². The molecule has 4 N–H and O–H groups in total. The van der Waals surface area contributed by atoms with E-state index in [0.717, 1.165) is 25.7 Å². The highest BCUT2D eigenvalue weighted by Gasteiger charge is 2.27. The van der Waals surface area contributed by atoms with Crippen molar-refractivity contribution in [1.29, 1.82) is 0 Å². The predicted octanol–water partition coefficient (Wildman–Crippen LogP) is 2.73. The minimum Gasteiger partial charge on any atom is -0.352 e. The lowest BCUT2D eigenvalue weighted by atomic mass is 10.1. The molecular weight excluding hydrogens is 326 g/mol. The van der Waals surface area contributed by atoms with Crippen molar-refractivity contribution in [3.8, 4) is 0 Å². The minimum atomic E-state index is -0.111. The van der Waals surface area contributed by atoms with E-state index < -0.39 is 0 Å². The van der Waals surface area contributed by atoms with Crippen LogP contribution >= 0.6 is 0 Å². The summed E-state index contributed by atoms with van der Waals surface area (Å²) in [6.07, 6.45) is 3.28. The number of hydrogen-bond acceptors (Lipinski definition) is 3. The first-order valence-corrected chi connectivity index (χ1v) is 9.10. The molecule has 2 aromatic rings. The summed E-state index contributed by atoms with van der Waals surface area (Å²) in [4.78, 5) is 24.4. The Morgan fingerprint density at radius 1 is 1.00 bits per heavy atom. The van der Waals surface area contributed by atoms with Gasteiger partial charge < -0.3 is 16.4 Å². The normalized spacial score (nSPS) is 19.1. The Morgan fingerprint density at radius 2 is 1.73 bits per heavy atom. The van der Waals surface area contributed by atoms with Crippen molar-refractivity contribution in [3.63, 3.8) is 0 Å². The van der Waals surface area contributed by atoms with Gasteiger partial charge in [-0.3, -0.25) is 9.59 Å². The summed E-state index contributed by atoms with van der Waals surface area (Å²) in [6.45, 7) is 0.587. The summed E-state index contributed by atoms with van der Waals surface area (Å²) >= 11 is 0. The van der Waals surface area contributed by atoms with E-state index >= 15 is 0 Å². The highest BCUT2D eigenvalue weighted by atomic mass is 16.2. The van der Waals surface area contributed by atoms with Crippen LogP contribution in [0, 0.1) is 5.92 Å². The first kappa shape index (κ1) is 18.1. The number of nitrogens with two attached hydrogens (primary N) is 1. The van der Waals surface area contributed by atoms with Crippen molar-refractivity contribution in [2.75, 3.05) is 11.9 Å². The Bertz CT molecular complexity index is 744. The highest BCUT2D eigenvalue weighted by Crippen LogP contribution is 2.25. The third kappa shape index (κ3) is 4.92. The first-order chi connectivity index (χ1) is 12.6. The second-order valence-electron chi connectivity index (χ2n) is 6.83. The molecule has 1 saturated carbocycles. The smallest absolute Gasteiger partial charge is 0.251 e. The Balaban J connectivity index is 1.47. The maximum Gasteiger partial charge on any atom is 0.251 e. The maximum absolute atomic E-state index is 12.2. The second kappa shape index (κ2) is 8.63. The largest absolute Gasteiger partial charge is 0.352 e. The van der Waals surface area contributed by atoms with Crippen molar-refractivity contribution in [2.24, 2.45) is 11.7 Å². The molecule has 1 fully saturated rings. The highest BCUT2D eigenvalue weighted by molar-refractivity contribution is 5.96. The molecule has 0 aliphatic heterocycles. The second-order valence-corrected chi connectivity index (χ2v) is 6.83. The molecule has 3 rings (SSSR count). The molecule has 2 amide bonds. The number of carbonyl (C=O) groups is 2. The van der Waals surface area contributed by atoms with Gasteiger partial charge in [-0.1, -0.05) is 30.3 Å². The maximum atomic E-state index is 12.2. The fourth-order valence-corrected chi connectivity index (χ4v) is 3.27.